The van der Waals surface area contributed by atoms with Crippen LogP contribution < -0.4 is 0 Å². The predicted octanol–water partition coefficient (Wildman–Crippen LogP) is 9.42. The molecule has 0 aliphatic rings. The SMILES string of the molecule is Cc1ccccc1-c1c(F)c2c3c(F)nn(-c4ccccc4)c3ccc2n1Cc1ccc(CCN(CCCF)C(=O)OC(C)(C)C)cc1. The van der Waals surface area contributed by atoms with Crippen molar-refractivity contribution in [3.05, 3.63) is 119 Å². The van der Waals surface area contributed by atoms with Crippen molar-refractivity contribution in [2.75, 3.05) is 19.8 Å². The van der Waals surface area contributed by atoms with Gasteiger partial charge in [0.2, 0.25) is 5.95 Å². The van der Waals surface area contributed by atoms with Crippen molar-refractivity contribution < 1.29 is 22.7 Å². The molecule has 0 saturated carbocycles. The number of carbonyl (C=O) groups is 1. The Morgan fingerprint density at radius 1 is 0.833 bits per heavy atom. The number of ether oxygens (including phenoxy) is 1. The molecule has 6 rings (SSSR count). The van der Waals surface area contributed by atoms with Gasteiger partial charge in [0.1, 0.15) is 5.60 Å². The summed E-state index contributed by atoms with van der Waals surface area (Å²) in [7, 11) is 0. The fourth-order valence-corrected chi connectivity index (χ4v) is 6.12. The number of amides is 1. The molecular formula is C39H39F3N4O2. The molecule has 0 atom stereocenters. The lowest BCUT2D eigenvalue weighted by molar-refractivity contribution is 0.0247. The zero-order valence-electron chi connectivity index (χ0n) is 27.6. The number of nitrogens with zero attached hydrogens (tertiary/aromatic N) is 4. The Hall–Kier alpha value is -5.05. The van der Waals surface area contributed by atoms with Gasteiger partial charge in [0, 0.05) is 25.2 Å². The minimum absolute atomic E-state index is 0.139. The monoisotopic (exact) mass is 652 g/mol. The molecule has 0 bridgehead atoms. The topological polar surface area (TPSA) is 52.3 Å². The number of alkyl halides is 1. The highest BCUT2D eigenvalue weighted by molar-refractivity contribution is 6.08. The Morgan fingerprint density at radius 3 is 2.19 bits per heavy atom. The molecule has 0 unspecified atom stereocenters. The summed E-state index contributed by atoms with van der Waals surface area (Å²) in [5.41, 5.74) is 5.00. The molecule has 248 valence electrons. The molecule has 0 radical (unpaired) electrons. The van der Waals surface area contributed by atoms with Gasteiger partial charge in [0.25, 0.3) is 0 Å². The van der Waals surface area contributed by atoms with Crippen LogP contribution in [0.2, 0.25) is 0 Å². The quantitative estimate of drug-likeness (QED) is 0.148. The molecular weight excluding hydrogens is 613 g/mol. The number of halogens is 3. The minimum Gasteiger partial charge on any atom is -0.444 e. The van der Waals surface area contributed by atoms with Gasteiger partial charge in [-0.2, -0.15) is 4.39 Å². The summed E-state index contributed by atoms with van der Waals surface area (Å²) in [4.78, 5) is 14.3. The fraction of sp³-hybridized carbons (Fsp3) is 0.282. The number of carbonyl (C=O) groups excluding carboxylic acids is 1. The van der Waals surface area contributed by atoms with Crippen LogP contribution in [0, 0.1) is 18.7 Å². The highest BCUT2D eigenvalue weighted by Gasteiger charge is 2.26. The van der Waals surface area contributed by atoms with Crippen molar-refractivity contribution in [3.8, 4) is 16.9 Å². The Morgan fingerprint density at radius 2 is 1.50 bits per heavy atom. The third-order valence-electron chi connectivity index (χ3n) is 8.42. The number of hydrogen-bond acceptors (Lipinski definition) is 3. The average Bonchev–Trinajstić information content (AvgIpc) is 3.54. The van der Waals surface area contributed by atoms with E-state index in [1.165, 1.54) is 4.68 Å². The number of benzene rings is 4. The Balaban J connectivity index is 1.35. The largest absolute Gasteiger partial charge is 0.444 e. The molecule has 0 saturated heterocycles. The first-order chi connectivity index (χ1) is 23.1. The molecule has 0 aliphatic heterocycles. The van der Waals surface area contributed by atoms with E-state index >= 15 is 8.78 Å². The van der Waals surface area contributed by atoms with Crippen LogP contribution in [0.25, 0.3) is 38.8 Å². The van der Waals surface area contributed by atoms with Crippen molar-refractivity contribution in [3.63, 3.8) is 0 Å². The van der Waals surface area contributed by atoms with Gasteiger partial charge < -0.3 is 14.2 Å². The van der Waals surface area contributed by atoms with Crippen molar-refractivity contribution in [2.45, 2.75) is 52.7 Å². The first-order valence-corrected chi connectivity index (χ1v) is 16.2. The summed E-state index contributed by atoms with van der Waals surface area (Å²) >= 11 is 0. The Labute approximate surface area is 278 Å². The smallest absolute Gasteiger partial charge is 0.410 e. The van der Waals surface area contributed by atoms with Crippen LogP contribution in [0.15, 0.2) is 91.0 Å². The maximum atomic E-state index is 16.8. The van der Waals surface area contributed by atoms with E-state index in [2.05, 4.69) is 5.10 Å². The number of fused-ring (bicyclic) bond motifs is 3. The molecule has 0 spiro atoms. The molecule has 0 aliphatic carbocycles. The van der Waals surface area contributed by atoms with Gasteiger partial charge in [-0.3, -0.25) is 4.39 Å². The van der Waals surface area contributed by atoms with Gasteiger partial charge in [-0.25, -0.2) is 13.9 Å². The molecule has 9 heteroatoms. The lowest BCUT2D eigenvalue weighted by atomic mass is 10.0. The molecule has 2 aromatic heterocycles. The van der Waals surface area contributed by atoms with Gasteiger partial charge in [0.05, 0.1) is 39.9 Å². The zero-order chi connectivity index (χ0) is 34.0. The number of aromatic nitrogens is 3. The third-order valence-corrected chi connectivity index (χ3v) is 8.42. The molecule has 48 heavy (non-hydrogen) atoms. The Kier molecular flexibility index (Phi) is 9.31. The average molecular weight is 653 g/mol. The summed E-state index contributed by atoms with van der Waals surface area (Å²) < 4.78 is 54.3. The van der Waals surface area contributed by atoms with Crippen molar-refractivity contribution in [1.29, 1.82) is 0 Å². The highest BCUT2D eigenvalue weighted by Crippen LogP contribution is 2.39. The molecule has 0 fully saturated rings. The molecule has 6 nitrogen and oxygen atoms in total. The lowest BCUT2D eigenvalue weighted by Crippen LogP contribution is -2.38. The van der Waals surface area contributed by atoms with E-state index in [1.807, 2.05) is 96.4 Å². The standard InChI is InChI=1S/C39H39F3N4O2/c1-26-11-8-9-14-30(26)36-35(41)33-31(19-20-32-34(33)37(42)43-46(32)29-12-6-5-7-13-29)45(36)25-28-17-15-27(16-18-28)21-24-44(23-10-22-40)38(47)48-39(2,3)4/h5-9,11-20H,10,21-25H2,1-4H3. The maximum absolute atomic E-state index is 16.8. The number of hydrogen-bond donors (Lipinski definition) is 0. The van der Waals surface area contributed by atoms with Gasteiger partial charge in [-0.1, -0.05) is 66.7 Å². The van der Waals surface area contributed by atoms with E-state index in [-0.39, 0.29) is 23.7 Å². The van der Waals surface area contributed by atoms with E-state index in [0.29, 0.717) is 41.9 Å². The minimum atomic E-state index is -0.733. The normalized spacial score (nSPS) is 11.8. The summed E-state index contributed by atoms with van der Waals surface area (Å²) in [6.07, 6.45) is 0.341. The van der Waals surface area contributed by atoms with Gasteiger partial charge in [-0.15, -0.1) is 5.10 Å². The van der Waals surface area contributed by atoms with Crippen LogP contribution >= 0.6 is 0 Å². The van der Waals surface area contributed by atoms with Crippen molar-refractivity contribution in [2.24, 2.45) is 0 Å². The summed E-state index contributed by atoms with van der Waals surface area (Å²) in [6.45, 7) is 7.83. The second-order valence-electron chi connectivity index (χ2n) is 13.0. The lowest BCUT2D eigenvalue weighted by Gasteiger charge is -2.27. The number of aryl methyl sites for hydroxylation is 1. The molecule has 0 N–H and O–H groups in total. The summed E-state index contributed by atoms with van der Waals surface area (Å²) in [6, 6.07) is 28.4. The molecule has 2 heterocycles. The molecule has 4 aromatic carbocycles. The van der Waals surface area contributed by atoms with E-state index in [9.17, 15) is 9.18 Å². The maximum Gasteiger partial charge on any atom is 0.410 e. The van der Waals surface area contributed by atoms with Gasteiger partial charge in [0.15, 0.2) is 5.82 Å². The summed E-state index contributed by atoms with van der Waals surface area (Å²) in [5, 5.41) is 4.50. The number of para-hydroxylation sites is 1. The van der Waals surface area contributed by atoms with E-state index in [0.717, 1.165) is 22.3 Å². The van der Waals surface area contributed by atoms with Crippen LogP contribution in [-0.4, -0.2) is 50.7 Å². The van der Waals surface area contributed by atoms with Crippen LogP contribution in [0.5, 0.6) is 0 Å². The van der Waals surface area contributed by atoms with E-state index in [1.54, 1.807) is 31.7 Å². The fourth-order valence-electron chi connectivity index (χ4n) is 6.12. The second-order valence-corrected chi connectivity index (χ2v) is 13.0. The summed E-state index contributed by atoms with van der Waals surface area (Å²) in [5.74, 6) is -1.23. The Bertz CT molecular complexity index is 2060. The van der Waals surface area contributed by atoms with Crippen molar-refractivity contribution in [1.82, 2.24) is 19.2 Å². The zero-order valence-corrected chi connectivity index (χ0v) is 27.6. The predicted molar refractivity (Wildman–Crippen MR) is 184 cm³/mol. The highest BCUT2D eigenvalue weighted by atomic mass is 19.1. The third kappa shape index (κ3) is 6.68. The number of rotatable bonds is 10. The van der Waals surface area contributed by atoms with Gasteiger partial charge in [-0.05, 0) is 81.5 Å². The first kappa shape index (κ1) is 32.9. The van der Waals surface area contributed by atoms with Crippen LogP contribution in [0.3, 0.4) is 0 Å². The van der Waals surface area contributed by atoms with Crippen LogP contribution in [0.1, 0.15) is 43.9 Å². The molecule has 1 amide bonds. The van der Waals surface area contributed by atoms with Crippen LogP contribution in [0.4, 0.5) is 18.0 Å². The second kappa shape index (κ2) is 13.6. The van der Waals surface area contributed by atoms with Crippen molar-refractivity contribution >= 4 is 27.9 Å². The molecule has 6 aromatic rings. The van der Waals surface area contributed by atoms with E-state index < -0.39 is 30.1 Å². The first-order valence-electron chi connectivity index (χ1n) is 16.2. The van der Waals surface area contributed by atoms with E-state index in [4.69, 9.17) is 4.74 Å². The van der Waals surface area contributed by atoms with Crippen LogP contribution in [-0.2, 0) is 17.7 Å². The van der Waals surface area contributed by atoms with Gasteiger partial charge >= 0.3 is 6.09 Å².